The first-order valence-electron chi connectivity index (χ1n) is 4.41. The molecule has 0 spiro atoms. The lowest BCUT2D eigenvalue weighted by molar-refractivity contribution is 0.0635. The fourth-order valence-electron chi connectivity index (χ4n) is 0.951. The Kier molecular flexibility index (Phi) is 5.06. The number of rotatable bonds is 6. The second-order valence-electron chi connectivity index (χ2n) is 2.85. The summed E-state index contributed by atoms with van der Waals surface area (Å²) < 4.78 is 10.1. The van der Waals surface area contributed by atoms with Crippen molar-refractivity contribution in [3.05, 3.63) is 24.3 Å². The zero-order valence-corrected chi connectivity index (χ0v) is 8.22. The summed E-state index contributed by atoms with van der Waals surface area (Å²) in [6.07, 6.45) is 4.86. The summed E-state index contributed by atoms with van der Waals surface area (Å²) in [6, 6.07) is -0.173. The largest absolute Gasteiger partial charge is 0.382 e. The Labute approximate surface area is 83.3 Å². The smallest absolute Gasteiger partial charge is 0.115 e. The van der Waals surface area contributed by atoms with Gasteiger partial charge in [-0.15, -0.1) is 0 Å². The van der Waals surface area contributed by atoms with Crippen LogP contribution in [0.2, 0.25) is 0 Å². The van der Waals surface area contributed by atoms with Crippen LogP contribution in [0.4, 0.5) is 0 Å². The van der Waals surface area contributed by atoms with Crippen LogP contribution < -0.4 is 5.73 Å². The maximum absolute atomic E-state index is 5.83. The second-order valence-corrected chi connectivity index (χ2v) is 2.85. The molecule has 0 aromatic carbocycles. The summed E-state index contributed by atoms with van der Waals surface area (Å²) in [6.45, 7) is 1.59. The molecular weight excluding hydrogens is 182 g/mol. The van der Waals surface area contributed by atoms with E-state index in [0.717, 1.165) is 5.56 Å². The van der Waals surface area contributed by atoms with E-state index < -0.39 is 0 Å². The van der Waals surface area contributed by atoms with Crippen LogP contribution >= 0.6 is 0 Å². The molecule has 5 nitrogen and oxygen atoms in total. The van der Waals surface area contributed by atoms with Crippen LogP contribution in [0.25, 0.3) is 0 Å². The third-order valence-corrected chi connectivity index (χ3v) is 1.74. The maximum atomic E-state index is 5.83. The number of nitrogens with two attached hydrogens (primary N) is 1. The molecule has 2 N–H and O–H groups in total. The minimum Gasteiger partial charge on any atom is -0.382 e. The van der Waals surface area contributed by atoms with E-state index in [-0.39, 0.29) is 6.04 Å². The topological polar surface area (TPSA) is 70.3 Å². The maximum Gasteiger partial charge on any atom is 0.115 e. The molecule has 1 unspecified atom stereocenters. The van der Waals surface area contributed by atoms with Gasteiger partial charge >= 0.3 is 0 Å². The molecule has 1 aromatic heterocycles. The van der Waals surface area contributed by atoms with Crippen molar-refractivity contribution in [1.82, 2.24) is 9.97 Å². The van der Waals surface area contributed by atoms with Gasteiger partial charge in [-0.2, -0.15) is 0 Å². The van der Waals surface area contributed by atoms with Crippen molar-refractivity contribution in [2.24, 2.45) is 5.73 Å². The predicted octanol–water partition coefficient (Wildman–Crippen LogP) is 0.139. The first-order valence-corrected chi connectivity index (χ1v) is 4.41. The normalized spacial score (nSPS) is 12.7. The minimum atomic E-state index is -0.173. The van der Waals surface area contributed by atoms with Crippen LogP contribution in [0.3, 0.4) is 0 Å². The van der Waals surface area contributed by atoms with Crippen molar-refractivity contribution in [3.63, 3.8) is 0 Å². The lowest BCUT2D eigenvalue weighted by Crippen LogP contribution is -2.18. The van der Waals surface area contributed by atoms with Crippen LogP contribution in [0.15, 0.2) is 18.7 Å². The molecule has 0 bridgehead atoms. The molecule has 0 saturated carbocycles. The minimum absolute atomic E-state index is 0.173. The Morgan fingerprint density at radius 1 is 1.36 bits per heavy atom. The molecule has 1 rings (SSSR count). The standard InChI is InChI=1S/C9H15N3O2/c1-13-2-3-14-6-9(10)8-4-11-7-12-5-8/h4-5,7,9H,2-3,6,10H2,1H3. The van der Waals surface area contributed by atoms with Gasteiger partial charge in [-0.3, -0.25) is 0 Å². The molecule has 1 aromatic rings. The van der Waals surface area contributed by atoms with E-state index in [0.29, 0.717) is 19.8 Å². The molecule has 1 heterocycles. The van der Waals surface area contributed by atoms with Gasteiger partial charge in [-0.05, 0) is 0 Å². The molecule has 0 radical (unpaired) electrons. The van der Waals surface area contributed by atoms with Gasteiger partial charge in [0, 0.05) is 25.1 Å². The average molecular weight is 197 g/mol. The van der Waals surface area contributed by atoms with E-state index in [2.05, 4.69) is 9.97 Å². The zero-order valence-electron chi connectivity index (χ0n) is 8.22. The first kappa shape index (κ1) is 11.0. The molecule has 5 heteroatoms. The van der Waals surface area contributed by atoms with E-state index >= 15 is 0 Å². The van der Waals surface area contributed by atoms with Crippen molar-refractivity contribution < 1.29 is 9.47 Å². The van der Waals surface area contributed by atoms with Crippen LogP contribution in [-0.2, 0) is 9.47 Å². The van der Waals surface area contributed by atoms with Crippen LogP contribution in [0.1, 0.15) is 11.6 Å². The van der Waals surface area contributed by atoms with E-state index in [1.807, 2.05) is 0 Å². The van der Waals surface area contributed by atoms with Crippen molar-refractivity contribution in [3.8, 4) is 0 Å². The van der Waals surface area contributed by atoms with Gasteiger partial charge < -0.3 is 15.2 Å². The Hall–Kier alpha value is -1.04. The third-order valence-electron chi connectivity index (χ3n) is 1.74. The molecule has 0 aliphatic rings. The summed E-state index contributed by atoms with van der Waals surface area (Å²) in [7, 11) is 1.63. The summed E-state index contributed by atoms with van der Waals surface area (Å²) in [5, 5.41) is 0. The van der Waals surface area contributed by atoms with Gasteiger partial charge in [0.15, 0.2) is 0 Å². The Morgan fingerprint density at radius 2 is 2.07 bits per heavy atom. The molecule has 0 saturated heterocycles. The Balaban J connectivity index is 2.25. The number of methoxy groups -OCH3 is 1. The van der Waals surface area contributed by atoms with E-state index in [9.17, 15) is 0 Å². The lowest BCUT2D eigenvalue weighted by atomic mass is 10.2. The summed E-state index contributed by atoms with van der Waals surface area (Å²) in [5.74, 6) is 0. The number of hydrogen-bond acceptors (Lipinski definition) is 5. The van der Waals surface area contributed by atoms with Crippen LogP contribution in [0.5, 0.6) is 0 Å². The van der Waals surface area contributed by atoms with Crippen molar-refractivity contribution in [2.75, 3.05) is 26.9 Å². The molecule has 0 amide bonds. The number of hydrogen-bond donors (Lipinski definition) is 1. The Morgan fingerprint density at radius 3 is 2.71 bits per heavy atom. The molecule has 1 atom stereocenters. The molecular formula is C9H15N3O2. The fourth-order valence-corrected chi connectivity index (χ4v) is 0.951. The van der Waals surface area contributed by atoms with E-state index in [1.165, 1.54) is 6.33 Å². The fraction of sp³-hybridized carbons (Fsp3) is 0.556. The van der Waals surface area contributed by atoms with Gasteiger partial charge in [0.1, 0.15) is 6.33 Å². The van der Waals surface area contributed by atoms with Gasteiger partial charge in [0.25, 0.3) is 0 Å². The van der Waals surface area contributed by atoms with Crippen LogP contribution in [-0.4, -0.2) is 36.9 Å². The number of aromatic nitrogens is 2. The average Bonchev–Trinajstić information content (AvgIpc) is 2.25. The third kappa shape index (κ3) is 3.78. The number of ether oxygens (including phenoxy) is 2. The van der Waals surface area contributed by atoms with Gasteiger partial charge in [0.05, 0.1) is 25.9 Å². The highest BCUT2D eigenvalue weighted by Crippen LogP contribution is 2.06. The van der Waals surface area contributed by atoms with Gasteiger partial charge in [-0.25, -0.2) is 9.97 Å². The molecule has 14 heavy (non-hydrogen) atoms. The zero-order chi connectivity index (χ0) is 10.2. The first-order chi connectivity index (χ1) is 6.84. The highest BCUT2D eigenvalue weighted by Gasteiger charge is 2.05. The monoisotopic (exact) mass is 197 g/mol. The van der Waals surface area contributed by atoms with E-state index in [4.69, 9.17) is 15.2 Å². The van der Waals surface area contributed by atoms with Crippen molar-refractivity contribution in [1.29, 1.82) is 0 Å². The van der Waals surface area contributed by atoms with E-state index in [1.54, 1.807) is 19.5 Å². The van der Waals surface area contributed by atoms with Crippen molar-refractivity contribution in [2.45, 2.75) is 6.04 Å². The SMILES string of the molecule is COCCOCC(N)c1cncnc1. The van der Waals surface area contributed by atoms with Crippen LogP contribution in [0, 0.1) is 0 Å². The molecule has 0 aliphatic carbocycles. The Bertz CT molecular complexity index is 243. The highest BCUT2D eigenvalue weighted by atomic mass is 16.5. The predicted molar refractivity (Wildman–Crippen MR) is 51.7 cm³/mol. The second kappa shape index (κ2) is 6.42. The quantitative estimate of drug-likeness (QED) is 0.657. The summed E-state index contributed by atoms with van der Waals surface area (Å²) in [4.78, 5) is 7.76. The lowest BCUT2D eigenvalue weighted by Gasteiger charge is -2.11. The highest BCUT2D eigenvalue weighted by molar-refractivity contribution is 5.07. The molecule has 0 aliphatic heterocycles. The number of nitrogens with zero attached hydrogens (tertiary/aromatic N) is 2. The van der Waals surface area contributed by atoms with Crippen molar-refractivity contribution >= 4 is 0 Å². The molecule has 0 fully saturated rings. The summed E-state index contributed by atoms with van der Waals surface area (Å²) in [5.41, 5.74) is 6.71. The van der Waals surface area contributed by atoms with Gasteiger partial charge in [-0.1, -0.05) is 0 Å². The van der Waals surface area contributed by atoms with Gasteiger partial charge in [0.2, 0.25) is 0 Å². The summed E-state index contributed by atoms with van der Waals surface area (Å²) >= 11 is 0. The molecule has 78 valence electrons.